The first-order valence-corrected chi connectivity index (χ1v) is 8.94. The first-order chi connectivity index (χ1) is 14.6. The van der Waals surface area contributed by atoms with E-state index >= 15 is 0 Å². The lowest BCUT2D eigenvalue weighted by Crippen LogP contribution is -2.23. The Labute approximate surface area is 170 Å². The van der Waals surface area contributed by atoms with Crippen molar-refractivity contribution in [3.63, 3.8) is 0 Å². The van der Waals surface area contributed by atoms with Crippen molar-refractivity contribution in [1.29, 1.82) is 5.26 Å². The van der Waals surface area contributed by atoms with Gasteiger partial charge in [-0.3, -0.25) is 10.2 Å². The largest absolute Gasteiger partial charge is 0.508 e. The summed E-state index contributed by atoms with van der Waals surface area (Å²) < 4.78 is 0. The molecular formula is C21H16N6O3. The number of rotatable bonds is 6. The van der Waals surface area contributed by atoms with E-state index in [1.807, 2.05) is 30.3 Å². The number of aromatic nitrogens is 3. The predicted octanol–water partition coefficient (Wildman–Crippen LogP) is 2.59. The Bertz CT molecular complexity index is 1290. The van der Waals surface area contributed by atoms with Gasteiger partial charge in [0.05, 0.1) is 6.20 Å². The van der Waals surface area contributed by atoms with Gasteiger partial charge in [0.15, 0.2) is 0 Å². The van der Waals surface area contributed by atoms with Crippen molar-refractivity contribution < 1.29 is 15.0 Å². The maximum absolute atomic E-state index is 13.1. The van der Waals surface area contributed by atoms with Crippen molar-refractivity contribution in [2.75, 3.05) is 5.43 Å². The summed E-state index contributed by atoms with van der Waals surface area (Å²) in [4.78, 5) is 24.3. The number of carbonyl (C=O) groups excluding carboxylic acids is 1. The van der Waals surface area contributed by atoms with Crippen LogP contribution in [0.5, 0.6) is 11.5 Å². The van der Waals surface area contributed by atoms with Crippen LogP contribution in [0.4, 0.5) is 5.95 Å². The maximum Gasteiger partial charge on any atom is 0.238 e. The monoisotopic (exact) mass is 400 g/mol. The molecule has 4 rings (SSSR count). The zero-order chi connectivity index (χ0) is 21.1. The third-order valence-electron chi connectivity index (χ3n) is 4.51. The summed E-state index contributed by atoms with van der Waals surface area (Å²) in [7, 11) is 0. The minimum atomic E-state index is -0.398. The number of nitriles is 1. The van der Waals surface area contributed by atoms with Gasteiger partial charge in [-0.05, 0) is 12.1 Å². The van der Waals surface area contributed by atoms with Crippen molar-refractivity contribution in [3.05, 3.63) is 77.2 Å². The quantitative estimate of drug-likeness (QED) is 0.245. The number of nitrogens with one attached hydrogen (secondary N) is 3. The summed E-state index contributed by atoms with van der Waals surface area (Å²) in [5.74, 6) is -0.415. The van der Waals surface area contributed by atoms with Crippen molar-refractivity contribution in [2.24, 2.45) is 0 Å². The number of nitrogens with zero attached hydrogens (tertiary/aromatic N) is 3. The summed E-state index contributed by atoms with van der Waals surface area (Å²) in [5.41, 5.74) is 7.37. The number of benzene rings is 2. The molecular weight excluding hydrogens is 384 g/mol. The highest BCUT2D eigenvalue weighted by Gasteiger charge is 2.20. The van der Waals surface area contributed by atoms with Crippen molar-refractivity contribution >= 4 is 22.6 Å². The average molecular weight is 400 g/mol. The zero-order valence-corrected chi connectivity index (χ0v) is 15.5. The van der Waals surface area contributed by atoms with E-state index in [0.717, 1.165) is 10.9 Å². The van der Waals surface area contributed by atoms with E-state index in [0.29, 0.717) is 11.1 Å². The molecule has 0 saturated heterocycles. The first-order valence-electron chi connectivity index (χ1n) is 8.94. The van der Waals surface area contributed by atoms with Crippen LogP contribution in [0.3, 0.4) is 0 Å². The third-order valence-corrected chi connectivity index (χ3v) is 4.51. The maximum atomic E-state index is 13.1. The van der Waals surface area contributed by atoms with Gasteiger partial charge in [-0.2, -0.15) is 5.26 Å². The normalized spacial score (nSPS) is 10.6. The van der Waals surface area contributed by atoms with Gasteiger partial charge in [-0.1, -0.05) is 24.3 Å². The zero-order valence-electron chi connectivity index (χ0n) is 15.5. The standard InChI is InChI=1S/C21H16N6O3/c22-8-13-9-24-21(27-25-10-12-5-6-14(28)7-18(12)29)26-19(13)20(30)16-11-23-17-4-2-1-3-15(16)17/h1-7,9,11,23,25,28-29H,10H2,(H,24,26,27). The molecule has 4 aromatic rings. The molecule has 0 fully saturated rings. The lowest BCUT2D eigenvalue weighted by Gasteiger charge is -2.10. The number of H-pyrrole nitrogens is 1. The van der Waals surface area contributed by atoms with Gasteiger partial charge in [0.25, 0.3) is 0 Å². The van der Waals surface area contributed by atoms with Crippen molar-refractivity contribution in [2.45, 2.75) is 6.54 Å². The van der Waals surface area contributed by atoms with Crippen LogP contribution in [-0.4, -0.2) is 30.9 Å². The Morgan fingerprint density at radius 1 is 1.20 bits per heavy atom. The van der Waals surface area contributed by atoms with Crippen LogP contribution >= 0.6 is 0 Å². The van der Waals surface area contributed by atoms with Crippen molar-refractivity contribution in [3.8, 4) is 17.6 Å². The number of ketones is 1. The fraction of sp³-hybridized carbons (Fsp3) is 0.0476. The fourth-order valence-electron chi connectivity index (χ4n) is 3.00. The average Bonchev–Trinajstić information content (AvgIpc) is 3.19. The van der Waals surface area contributed by atoms with Crippen LogP contribution in [0.1, 0.15) is 27.2 Å². The second kappa shape index (κ2) is 7.90. The molecule has 0 amide bonds. The van der Waals surface area contributed by atoms with Crippen molar-refractivity contribution in [1.82, 2.24) is 20.4 Å². The molecule has 2 heterocycles. The number of phenolic OH excluding ortho intramolecular Hbond substituents is 2. The molecule has 0 aliphatic carbocycles. The van der Waals surface area contributed by atoms with Crippen LogP contribution in [0, 0.1) is 11.3 Å². The second-order valence-corrected chi connectivity index (χ2v) is 6.44. The van der Waals surface area contributed by atoms with Crippen LogP contribution in [0.2, 0.25) is 0 Å². The van der Waals surface area contributed by atoms with E-state index in [4.69, 9.17) is 0 Å². The van der Waals surface area contributed by atoms with E-state index in [1.54, 1.807) is 12.3 Å². The van der Waals surface area contributed by atoms with Crippen LogP contribution in [0.25, 0.3) is 10.9 Å². The van der Waals surface area contributed by atoms with E-state index in [-0.39, 0.29) is 35.2 Å². The molecule has 0 atom stereocenters. The molecule has 0 bridgehead atoms. The van der Waals surface area contributed by atoms with Gasteiger partial charge in [-0.15, -0.1) is 0 Å². The molecule has 9 nitrogen and oxygen atoms in total. The van der Waals surface area contributed by atoms with E-state index in [9.17, 15) is 20.3 Å². The van der Waals surface area contributed by atoms with E-state index in [2.05, 4.69) is 25.8 Å². The van der Waals surface area contributed by atoms with Gasteiger partial charge in [-0.25, -0.2) is 15.4 Å². The van der Waals surface area contributed by atoms with Gasteiger partial charge >= 0.3 is 0 Å². The van der Waals surface area contributed by atoms with Crippen LogP contribution < -0.4 is 10.9 Å². The molecule has 148 valence electrons. The molecule has 5 N–H and O–H groups in total. The number of hydrogen-bond donors (Lipinski definition) is 5. The highest BCUT2D eigenvalue weighted by atomic mass is 16.3. The number of aromatic hydroxyl groups is 2. The number of carbonyl (C=O) groups is 1. The third kappa shape index (κ3) is 3.63. The summed E-state index contributed by atoms with van der Waals surface area (Å²) in [5, 5.41) is 29.3. The number of phenols is 2. The Morgan fingerprint density at radius 3 is 2.83 bits per heavy atom. The minimum Gasteiger partial charge on any atom is -0.508 e. The molecule has 0 aliphatic rings. The predicted molar refractivity (Wildman–Crippen MR) is 109 cm³/mol. The Kier molecular flexibility index (Phi) is 4.99. The Balaban J connectivity index is 1.56. The molecule has 0 unspecified atom stereocenters. The molecule has 0 aliphatic heterocycles. The molecule has 0 saturated carbocycles. The van der Waals surface area contributed by atoms with Gasteiger partial charge in [0.1, 0.15) is 28.8 Å². The molecule has 0 spiro atoms. The number of aromatic amines is 1. The first kappa shape index (κ1) is 18.9. The Morgan fingerprint density at radius 2 is 2.03 bits per heavy atom. The SMILES string of the molecule is N#Cc1cnc(NNCc2ccc(O)cc2O)nc1C(=O)c1c[nH]c2ccccc12. The lowest BCUT2D eigenvalue weighted by atomic mass is 10.0. The summed E-state index contributed by atoms with van der Waals surface area (Å²) >= 11 is 0. The van der Waals surface area contributed by atoms with E-state index in [1.165, 1.54) is 18.3 Å². The van der Waals surface area contributed by atoms with Gasteiger partial charge in [0.2, 0.25) is 11.7 Å². The molecule has 30 heavy (non-hydrogen) atoms. The smallest absolute Gasteiger partial charge is 0.238 e. The molecule has 0 radical (unpaired) electrons. The van der Waals surface area contributed by atoms with Gasteiger partial charge in [0, 0.05) is 40.8 Å². The summed E-state index contributed by atoms with van der Waals surface area (Å²) in [6, 6.07) is 13.5. The number of hydrogen-bond acceptors (Lipinski definition) is 8. The van der Waals surface area contributed by atoms with Crippen LogP contribution in [0.15, 0.2) is 54.9 Å². The molecule has 9 heteroatoms. The minimum absolute atomic E-state index is 0.0194. The topological polar surface area (TPSA) is 147 Å². The Hall–Kier alpha value is -4.42. The number of para-hydroxylation sites is 1. The molecule has 2 aromatic heterocycles. The lowest BCUT2D eigenvalue weighted by molar-refractivity contribution is 0.103. The highest BCUT2D eigenvalue weighted by molar-refractivity contribution is 6.16. The van der Waals surface area contributed by atoms with E-state index < -0.39 is 5.78 Å². The van der Waals surface area contributed by atoms with Gasteiger partial charge < -0.3 is 15.2 Å². The van der Waals surface area contributed by atoms with Crippen LogP contribution in [-0.2, 0) is 6.54 Å². The fourth-order valence-corrected chi connectivity index (χ4v) is 3.00. The highest BCUT2D eigenvalue weighted by Crippen LogP contribution is 2.23. The summed E-state index contributed by atoms with van der Waals surface area (Å²) in [6.45, 7) is 0.196. The number of hydrazine groups is 1. The molecule has 2 aromatic carbocycles. The number of anilines is 1. The second-order valence-electron chi connectivity index (χ2n) is 6.44. The number of fused-ring (bicyclic) bond motifs is 1. The summed E-state index contributed by atoms with van der Waals surface area (Å²) in [6.07, 6.45) is 2.87.